The van der Waals surface area contributed by atoms with Crippen LogP contribution in [-0.2, 0) is 4.79 Å². The van der Waals surface area contributed by atoms with Crippen LogP contribution in [0.2, 0.25) is 5.02 Å². The average molecular weight is 316 g/mol. The molecular weight excluding hydrogens is 306 g/mol. The highest BCUT2D eigenvalue weighted by Gasteiger charge is 2.16. The summed E-state index contributed by atoms with van der Waals surface area (Å²) in [4.78, 5) is 28.4. The quantitative estimate of drug-likeness (QED) is 0.748. The number of carbonyl (C=O) groups is 2. The summed E-state index contributed by atoms with van der Waals surface area (Å²) in [7, 11) is 0. The SMILES string of the molecule is O=CN(C(=O)Nc1cccc(Cl)c1)c1ccc2ocnc2c1. The second kappa shape index (κ2) is 5.87. The van der Waals surface area contributed by atoms with Gasteiger partial charge in [0.2, 0.25) is 6.41 Å². The first-order chi connectivity index (χ1) is 10.7. The van der Waals surface area contributed by atoms with Gasteiger partial charge in [-0.25, -0.2) is 14.7 Å². The first-order valence-corrected chi connectivity index (χ1v) is 6.69. The van der Waals surface area contributed by atoms with E-state index in [-0.39, 0.29) is 0 Å². The number of nitrogens with zero attached hydrogens (tertiary/aromatic N) is 2. The number of oxazole rings is 1. The van der Waals surface area contributed by atoms with Gasteiger partial charge >= 0.3 is 6.03 Å². The number of carbonyl (C=O) groups excluding carboxylic acids is 2. The van der Waals surface area contributed by atoms with Gasteiger partial charge in [-0.05, 0) is 36.4 Å². The predicted octanol–water partition coefficient (Wildman–Crippen LogP) is 3.68. The summed E-state index contributed by atoms with van der Waals surface area (Å²) in [6, 6.07) is 10.9. The molecule has 0 bridgehead atoms. The van der Waals surface area contributed by atoms with Gasteiger partial charge in [0.1, 0.15) is 5.52 Å². The Bertz CT molecular complexity index is 847. The molecule has 0 aliphatic heterocycles. The molecule has 0 saturated carbocycles. The molecule has 7 heteroatoms. The zero-order valence-corrected chi connectivity index (χ0v) is 11.9. The maximum atomic E-state index is 12.2. The fourth-order valence-electron chi connectivity index (χ4n) is 1.97. The number of rotatable bonds is 3. The topological polar surface area (TPSA) is 75.4 Å². The largest absolute Gasteiger partial charge is 0.443 e. The molecule has 0 aliphatic rings. The summed E-state index contributed by atoms with van der Waals surface area (Å²) in [5.41, 5.74) is 2.01. The van der Waals surface area contributed by atoms with E-state index >= 15 is 0 Å². The van der Waals surface area contributed by atoms with Gasteiger partial charge in [-0.2, -0.15) is 0 Å². The standard InChI is InChI=1S/C15H10ClN3O3/c16-10-2-1-3-11(6-10)18-15(21)19(9-20)12-4-5-14-13(7-12)17-8-22-14/h1-9H,(H,18,21). The lowest BCUT2D eigenvalue weighted by Crippen LogP contribution is -2.33. The van der Waals surface area contributed by atoms with Crippen LogP contribution in [0.25, 0.3) is 11.1 Å². The molecular formula is C15H10ClN3O3. The van der Waals surface area contributed by atoms with Gasteiger partial charge in [0.25, 0.3) is 0 Å². The monoisotopic (exact) mass is 315 g/mol. The smallest absolute Gasteiger partial charge is 0.332 e. The summed E-state index contributed by atoms with van der Waals surface area (Å²) in [5.74, 6) is 0. The second-order valence-electron chi connectivity index (χ2n) is 4.42. The van der Waals surface area contributed by atoms with E-state index < -0.39 is 6.03 Å². The molecule has 0 radical (unpaired) electrons. The van der Waals surface area contributed by atoms with Crippen molar-refractivity contribution in [2.75, 3.05) is 10.2 Å². The van der Waals surface area contributed by atoms with Crippen molar-refractivity contribution in [2.24, 2.45) is 0 Å². The van der Waals surface area contributed by atoms with Gasteiger partial charge in [0, 0.05) is 10.7 Å². The predicted molar refractivity (Wildman–Crippen MR) is 83.0 cm³/mol. The van der Waals surface area contributed by atoms with Crippen LogP contribution in [0.1, 0.15) is 0 Å². The van der Waals surface area contributed by atoms with Crippen LogP contribution < -0.4 is 10.2 Å². The van der Waals surface area contributed by atoms with E-state index in [1.165, 1.54) is 6.39 Å². The lowest BCUT2D eigenvalue weighted by molar-refractivity contribution is -0.106. The van der Waals surface area contributed by atoms with Crippen molar-refractivity contribution in [3.63, 3.8) is 0 Å². The zero-order chi connectivity index (χ0) is 15.5. The highest BCUT2D eigenvalue weighted by Crippen LogP contribution is 2.22. The van der Waals surface area contributed by atoms with Crippen molar-refractivity contribution in [1.82, 2.24) is 4.98 Å². The van der Waals surface area contributed by atoms with Crippen molar-refractivity contribution < 1.29 is 14.0 Å². The van der Waals surface area contributed by atoms with Crippen LogP contribution in [0.3, 0.4) is 0 Å². The molecule has 3 amide bonds. The third-order valence-electron chi connectivity index (χ3n) is 2.99. The minimum atomic E-state index is -0.597. The average Bonchev–Trinajstić information content (AvgIpc) is 2.95. The van der Waals surface area contributed by atoms with E-state index in [2.05, 4.69) is 10.3 Å². The highest BCUT2D eigenvalue weighted by molar-refractivity contribution is 6.31. The third-order valence-corrected chi connectivity index (χ3v) is 3.23. The molecule has 1 aromatic heterocycles. The number of nitrogens with one attached hydrogen (secondary N) is 1. The Morgan fingerprint density at radius 1 is 1.27 bits per heavy atom. The lowest BCUT2D eigenvalue weighted by Gasteiger charge is -2.16. The molecule has 110 valence electrons. The Balaban J connectivity index is 1.86. The molecule has 0 fully saturated rings. The molecule has 1 heterocycles. The molecule has 3 rings (SSSR count). The minimum absolute atomic E-state index is 0.385. The van der Waals surface area contributed by atoms with E-state index in [0.717, 1.165) is 4.90 Å². The molecule has 1 N–H and O–H groups in total. The number of halogens is 1. The van der Waals surface area contributed by atoms with Crippen molar-refractivity contribution in [3.05, 3.63) is 53.9 Å². The van der Waals surface area contributed by atoms with Gasteiger partial charge in [-0.3, -0.25) is 4.79 Å². The first-order valence-electron chi connectivity index (χ1n) is 6.32. The number of hydrogen-bond donors (Lipinski definition) is 1. The molecule has 0 saturated heterocycles. The number of imide groups is 1. The number of aromatic nitrogens is 1. The number of urea groups is 1. The third kappa shape index (κ3) is 2.77. The van der Waals surface area contributed by atoms with Crippen LogP contribution in [-0.4, -0.2) is 17.4 Å². The summed E-state index contributed by atoms with van der Waals surface area (Å²) in [6.07, 6.45) is 1.73. The summed E-state index contributed by atoms with van der Waals surface area (Å²) in [6.45, 7) is 0. The van der Waals surface area contributed by atoms with Crippen LogP contribution in [0.15, 0.2) is 53.3 Å². The number of fused-ring (bicyclic) bond motifs is 1. The Kier molecular flexibility index (Phi) is 3.76. The van der Waals surface area contributed by atoms with Gasteiger partial charge in [-0.1, -0.05) is 17.7 Å². The molecule has 0 unspecified atom stereocenters. The molecule has 0 atom stereocenters. The van der Waals surface area contributed by atoms with Gasteiger partial charge in [0.05, 0.1) is 5.69 Å². The number of anilines is 2. The second-order valence-corrected chi connectivity index (χ2v) is 4.86. The molecule has 22 heavy (non-hydrogen) atoms. The summed E-state index contributed by atoms with van der Waals surface area (Å²) in [5, 5.41) is 3.09. The van der Waals surface area contributed by atoms with E-state index in [0.29, 0.717) is 33.9 Å². The van der Waals surface area contributed by atoms with Crippen molar-refractivity contribution in [2.45, 2.75) is 0 Å². The normalized spacial score (nSPS) is 10.4. The summed E-state index contributed by atoms with van der Waals surface area (Å²) < 4.78 is 5.12. The number of benzene rings is 2. The van der Waals surface area contributed by atoms with Crippen molar-refractivity contribution in [1.29, 1.82) is 0 Å². The van der Waals surface area contributed by atoms with Gasteiger partial charge < -0.3 is 9.73 Å². The molecule has 0 aliphatic carbocycles. The Hall–Kier alpha value is -2.86. The zero-order valence-electron chi connectivity index (χ0n) is 11.2. The molecule has 6 nitrogen and oxygen atoms in total. The van der Waals surface area contributed by atoms with Crippen LogP contribution in [0, 0.1) is 0 Å². The van der Waals surface area contributed by atoms with Gasteiger partial charge in [-0.15, -0.1) is 0 Å². The van der Waals surface area contributed by atoms with E-state index in [4.69, 9.17) is 16.0 Å². The van der Waals surface area contributed by atoms with Gasteiger partial charge in [0.15, 0.2) is 12.0 Å². The Labute approximate surface area is 130 Å². The minimum Gasteiger partial charge on any atom is -0.443 e. The van der Waals surface area contributed by atoms with Crippen LogP contribution in [0.5, 0.6) is 0 Å². The van der Waals surface area contributed by atoms with Crippen molar-refractivity contribution in [3.8, 4) is 0 Å². The van der Waals surface area contributed by atoms with E-state index in [1.54, 1.807) is 42.5 Å². The van der Waals surface area contributed by atoms with E-state index in [9.17, 15) is 9.59 Å². The number of hydrogen-bond acceptors (Lipinski definition) is 4. The van der Waals surface area contributed by atoms with Crippen LogP contribution in [0.4, 0.5) is 16.2 Å². The molecule has 3 aromatic rings. The molecule has 0 spiro atoms. The fraction of sp³-hybridized carbons (Fsp3) is 0. The van der Waals surface area contributed by atoms with Crippen LogP contribution >= 0.6 is 11.6 Å². The summed E-state index contributed by atoms with van der Waals surface area (Å²) >= 11 is 5.86. The Morgan fingerprint density at radius 3 is 2.91 bits per heavy atom. The maximum Gasteiger partial charge on any atom is 0.332 e. The lowest BCUT2D eigenvalue weighted by atomic mass is 10.2. The van der Waals surface area contributed by atoms with Crippen molar-refractivity contribution >= 4 is 46.5 Å². The Morgan fingerprint density at radius 2 is 2.14 bits per heavy atom. The maximum absolute atomic E-state index is 12.2. The first kappa shape index (κ1) is 14.1. The van der Waals surface area contributed by atoms with E-state index in [1.807, 2.05) is 0 Å². The fourth-order valence-corrected chi connectivity index (χ4v) is 2.16. The highest BCUT2D eigenvalue weighted by atomic mass is 35.5. The molecule has 2 aromatic carbocycles. The number of amides is 3.